The van der Waals surface area contributed by atoms with Gasteiger partial charge in [0.25, 0.3) is 0 Å². The van der Waals surface area contributed by atoms with E-state index in [1.807, 2.05) is 13.8 Å². The molecule has 1 amide bonds. The molecule has 0 saturated carbocycles. The number of nitrogens with one attached hydrogen (secondary N) is 1. The monoisotopic (exact) mass is 371 g/mol. The highest BCUT2D eigenvalue weighted by Gasteiger charge is 2.56. The van der Waals surface area contributed by atoms with Crippen LogP contribution in [0.5, 0.6) is 0 Å². The van der Waals surface area contributed by atoms with Crippen LogP contribution in [0.4, 0.5) is 5.69 Å². The van der Waals surface area contributed by atoms with Gasteiger partial charge in [-0.25, -0.2) is 0 Å². The summed E-state index contributed by atoms with van der Waals surface area (Å²) in [5.41, 5.74) is -0.938. The highest BCUT2D eigenvalue weighted by Crippen LogP contribution is 2.46. The predicted molar refractivity (Wildman–Crippen MR) is 91.3 cm³/mol. The van der Waals surface area contributed by atoms with Crippen LogP contribution in [0.2, 0.25) is 10.0 Å². The summed E-state index contributed by atoms with van der Waals surface area (Å²) in [4.78, 5) is 24.8. The molecule has 2 aliphatic heterocycles. The average Bonchev–Trinajstić information content (AvgIpc) is 2.77. The zero-order valence-corrected chi connectivity index (χ0v) is 15.0. The molecule has 5 nitrogen and oxygen atoms in total. The summed E-state index contributed by atoms with van der Waals surface area (Å²) in [5, 5.41) is 3.46. The Balaban J connectivity index is 1.86. The molecule has 0 radical (unpaired) electrons. The van der Waals surface area contributed by atoms with Gasteiger partial charge in [0.2, 0.25) is 5.91 Å². The number of hydrogen-bond donors (Lipinski definition) is 1. The van der Waals surface area contributed by atoms with E-state index in [1.165, 1.54) is 0 Å². The minimum absolute atomic E-state index is 0.0456. The van der Waals surface area contributed by atoms with Gasteiger partial charge in [-0.3, -0.25) is 9.59 Å². The van der Waals surface area contributed by atoms with Crippen molar-refractivity contribution in [2.24, 2.45) is 5.92 Å². The highest BCUT2D eigenvalue weighted by molar-refractivity contribution is 6.39. The summed E-state index contributed by atoms with van der Waals surface area (Å²) in [7, 11) is 0. The maximum Gasteiger partial charge on any atom is 0.307 e. The Morgan fingerprint density at radius 3 is 2.58 bits per heavy atom. The van der Waals surface area contributed by atoms with Gasteiger partial charge in [0.15, 0.2) is 0 Å². The standard InChI is InChI=1S/C17H19Cl2NO4/c1-16(2)9-17(6-7-23-16)10(8-13(21)24-17)15(22)20-14-11(18)4-3-5-12(14)19/h3-5,10H,6-9H2,1-2H3,(H,20,22)/t10-,17+/m0/s1. The van der Waals surface area contributed by atoms with Crippen LogP contribution < -0.4 is 5.32 Å². The zero-order valence-electron chi connectivity index (χ0n) is 13.5. The van der Waals surface area contributed by atoms with Crippen LogP contribution in [0.1, 0.15) is 33.1 Å². The molecule has 2 aliphatic rings. The molecule has 1 spiro atoms. The minimum atomic E-state index is -0.837. The Morgan fingerprint density at radius 1 is 1.29 bits per heavy atom. The van der Waals surface area contributed by atoms with Gasteiger partial charge in [-0.15, -0.1) is 0 Å². The first-order valence-corrected chi connectivity index (χ1v) is 8.59. The second-order valence-electron chi connectivity index (χ2n) is 6.92. The lowest BCUT2D eigenvalue weighted by Gasteiger charge is -2.43. The number of hydrogen-bond acceptors (Lipinski definition) is 4. The second kappa shape index (κ2) is 6.21. The second-order valence-corrected chi connectivity index (χ2v) is 7.73. The molecule has 130 valence electrons. The Bertz CT molecular complexity index is 671. The maximum atomic E-state index is 12.8. The summed E-state index contributed by atoms with van der Waals surface area (Å²) in [5.74, 6) is -1.27. The van der Waals surface area contributed by atoms with Gasteiger partial charge in [-0.2, -0.15) is 0 Å². The van der Waals surface area contributed by atoms with E-state index in [4.69, 9.17) is 32.7 Å². The summed E-state index contributed by atoms with van der Waals surface area (Å²) in [6.07, 6.45) is 1.01. The molecule has 2 atom stereocenters. The molecule has 1 aromatic rings. The normalized spacial score (nSPS) is 28.7. The van der Waals surface area contributed by atoms with E-state index in [9.17, 15) is 9.59 Å². The van der Waals surface area contributed by atoms with Gasteiger partial charge >= 0.3 is 5.97 Å². The van der Waals surface area contributed by atoms with Crippen molar-refractivity contribution in [1.29, 1.82) is 0 Å². The summed E-state index contributed by atoms with van der Waals surface area (Å²) < 4.78 is 11.3. The van der Waals surface area contributed by atoms with E-state index in [0.717, 1.165) is 0 Å². The number of para-hydroxylation sites is 1. The van der Waals surface area contributed by atoms with Crippen LogP contribution in [0.15, 0.2) is 18.2 Å². The van der Waals surface area contributed by atoms with Crippen LogP contribution in [0.3, 0.4) is 0 Å². The fourth-order valence-electron chi connectivity index (χ4n) is 3.60. The number of rotatable bonds is 2. The molecule has 24 heavy (non-hydrogen) atoms. The predicted octanol–water partition coefficient (Wildman–Crippen LogP) is 3.82. The van der Waals surface area contributed by atoms with Gasteiger partial charge in [0, 0.05) is 12.8 Å². The molecular weight excluding hydrogens is 353 g/mol. The summed E-state index contributed by atoms with van der Waals surface area (Å²) in [6, 6.07) is 4.99. The van der Waals surface area contributed by atoms with Gasteiger partial charge in [0.05, 0.1) is 40.3 Å². The molecular formula is C17H19Cl2NO4. The highest BCUT2D eigenvalue weighted by atomic mass is 35.5. The van der Waals surface area contributed by atoms with Crippen molar-refractivity contribution >= 4 is 40.8 Å². The Hall–Kier alpha value is -1.30. The van der Waals surface area contributed by atoms with E-state index in [2.05, 4.69) is 5.32 Å². The lowest BCUT2D eigenvalue weighted by Crippen LogP contribution is -2.52. The zero-order chi connectivity index (χ0) is 17.5. The van der Waals surface area contributed by atoms with Crippen molar-refractivity contribution in [2.45, 2.75) is 44.3 Å². The van der Waals surface area contributed by atoms with Crippen LogP contribution in [-0.2, 0) is 19.1 Å². The molecule has 1 N–H and O–H groups in total. The summed E-state index contributed by atoms with van der Waals surface area (Å²) >= 11 is 12.2. The number of benzene rings is 1. The van der Waals surface area contributed by atoms with Crippen LogP contribution in [0, 0.1) is 5.92 Å². The fraction of sp³-hybridized carbons (Fsp3) is 0.529. The van der Waals surface area contributed by atoms with Gasteiger partial charge in [-0.05, 0) is 26.0 Å². The third-order valence-corrected chi connectivity index (χ3v) is 5.22. The lowest BCUT2D eigenvalue weighted by atomic mass is 9.75. The van der Waals surface area contributed by atoms with Gasteiger partial charge in [0.1, 0.15) is 5.60 Å². The SMILES string of the molecule is CC1(C)C[C@@]2(CCO1)OC(=O)C[C@H]2C(=O)Nc1c(Cl)cccc1Cl. The van der Waals surface area contributed by atoms with Crippen LogP contribution >= 0.6 is 23.2 Å². The van der Waals surface area contributed by atoms with E-state index < -0.39 is 17.1 Å². The molecule has 2 heterocycles. The van der Waals surface area contributed by atoms with Crippen LogP contribution in [-0.4, -0.2) is 29.7 Å². The largest absolute Gasteiger partial charge is 0.458 e. The third-order valence-electron chi connectivity index (χ3n) is 4.59. The Kier molecular flexibility index (Phi) is 4.53. The molecule has 2 fully saturated rings. The first-order chi connectivity index (χ1) is 11.2. The molecule has 0 aromatic heterocycles. The molecule has 2 saturated heterocycles. The quantitative estimate of drug-likeness (QED) is 0.802. The summed E-state index contributed by atoms with van der Waals surface area (Å²) in [6.45, 7) is 4.30. The topological polar surface area (TPSA) is 64.6 Å². The number of carbonyl (C=O) groups excluding carboxylic acids is 2. The van der Waals surface area contributed by atoms with Crippen molar-refractivity contribution in [3.8, 4) is 0 Å². The fourth-order valence-corrected chi connectivity index (χ4v) is 4.09. The van der Waals surface area contributed by atoms with Crippen molar-refractivity contribution in [3.63, 3.8) is 0 Å². The number of amides is 1. The number of ether oxygens (including phenoxy) is 2. The maximum absolute atomic E-state index is 12.8. The first-order valence-electron chi connectivity index (χ1n) is 7.83. The van der Waals surface area contributed by atoms with E-state index in [-0.39, 0.29) is 18.3 Å². The average molecular weight is 372 g/mol. The van der Waals surface area contributed by atoms with Gasteiger partial charge < -0.3 is 14.8 Å². The molecule has 0 bridgehead atoms. The van der Waals surface area contributed by atoms with E-state index in [1.54, 1.807) is 18.2 Å². The van der Waals surface area contributed by atoms with Crippen molar-refractivity contribution in [1.82, 2.24) is 0 Å². The number of esters is 1. The lowest BCUT2D eigenvalue weighted by molar-refractivity contribution is -0.178. The van der Waals surface area contributed by atoms with Gasteiger partial charge in [-0.1, -0.05) is 29.3 Å². The van der Waals surface area contributed by atoms with Crippen molar-refractivity contribution in [3.05, 3.63) is 28.2 Å². The molecule has 7 heteroatoms. The Morgan fingerprint density at radius 2 is 1.96 bits per heavy atom. The Labute approximate surface area is 150 Å². The number of halogens is 2. The minimum Gasteiger partial charge on any atom is -0.458 e. The molecule has 0 aliphatic carbocycles. The molecule has 3 rings (SSSR count). The molecule has 0 unspecified atom stereocenters. The number of anilines is 1. The van der Waals surface area contributed by atoms with E-state index >= 15 is 0 Å². The third kappa shape index (κ3) is 3.25. The van der Waals surface area contributed by atoms with Crippen LogP contribution in [0.25, 0.3) is 0 Å². The van der Waals surface area contributed by atoms with Crippen molar-refractivity contribution < 1.29 is 19.1 Å². The van der Waals surface area contributed by atoms with E-state index in [0.29, 0.717) is 35.2 Å². The smallest absolute Gasteiger partial charge is 0.307 e. The molecule has 1 aromatic carbocycles. The van der Waals surface area contributed by atoms with Crippen molar-refractivity contribution in [2.75, 3.05) is 11.9 Å². The number of carbonyl (C=O) groups is 2. The first kappa shape index (κ1) is 17.5.